The third-order valence-electron chi connectivity index (χ3n) is 3.92. The van der Waals surface area contributed by atoms with E-state index in [-0.39, 0.29) is 11.1 Å². The molecule has 0 radical (unpaired) electrons. The van der Waals surface area contributed by atoms with Gasteiger partial charge in [0.15, 0.2) is 0 Å². The Balaban J connectivity index is 2.22. The van der Waals surface area contributed by atoms with E-state index in [4.69, 9.17) is 0 Å². The Kier molecular flexibility index (Phi) is 3.07. The lowest BCUT2D eigenvalue weighted by atomic mass is 10.00. The molecule has 110 valence electrons. The lowest BCUT2D eigenvalue weighted by Crippen LogP contribution is -2.11. The van der Waals surface area contributed by atoms with Gasteiger partial charge >= 0.3 is 0 Å². The zero-order valence-corrected chi connectivity index (χ0v) is 13.4. The zero-order chi connectivity index (χ0) is 16.0. The molecule has 0 aliphatic rings. The summed E-state index contributed by atoms with van der Waals surface area (Å²) in [4.78, 5) is 18.5. The first kappa shape index (κ1) is 13.8. The molecule has 0 unspecified atom stereocenters. The first-order valence-electron chi connectivity index (χ1n) is 7.02. The minimum atomic E-state index is -0.373. The largest absolute Gasteiger partial charge is 0.353 e. The van der Waals surface area contributed by atoms with Crippen LogP contribution >= 0.6 is 15.9 Å². The fraction of sp³-hybridized carbons (Fsp3) is 0. The lowest BCUT2D eigenvalue weighted by Gasteiger charge is -2.06. The summed E-state index contributed by atoms with van der Waals surface area (Å²) >= 11 is 3.41. The Morgan fingerprint density at radius 2 is 1.70 bits per heavy atom. The number of benzene rings is 2. The van der Waals surface area contributed by atoms with Gasteiger partial charge in [-0.25, -0.2) is 0 Å². The van der Waals surface area contributed by atoms with Gasteiger partial charge in [-0.05, 0) is 23.8 Å². The van der Waals surface area contributed by atoms with Crippen LogP contribution in [0.3, 0.4) is 0 Å². The normalized spacial score (nSPS) is 11.0. The number of aromatic nitrogens is 2. The van der Waals surface area contributed by atoms with Crippen molar-refractivity contribution < 1.29 is 0 Å². The van der Waals surface area contributed by atoms with Gasteiger partial charge in [-0.1, -0.05) is 46.3 Å². The number of H-pyrrole nitrogens is 2. The molecular weight excluding hydrogens is 354 g/mol. The Bertz CT molecular complexity index is 1150. The summed E-state index contributed by atoms with van der Waals surface area (Å²) < 4.78 is 0.942. The van der Waals surface area contributed by atoms with Crippen molar-refractivity contribution in [3.63, 3.8) is 0 Å². The number of nitrogens with zero attached hydrogens (tertiary/aromatic N) is 1. The quantitative estimate of drug-likeness (QED) is 0.528. The minimum absolute atomic E-state index is 0.117. The number of para-hydroxylation sites is 1. The molecule has 2 N–H and O–H groups in total. The average molecular weight is 364 g/mol. The molecule has 2 heterocycles. The molecule has 0 aliphatic carbocycles. The highest BCUT2D eigenvalue weighted by Crippen LogP contribution is 2.33. The zero-order valence-electron chi connectivity index (χ0n) is 11.9. The van der Waals surface area contributed by atoms with Gasteiger partial charge in [0.25, 0.3) is 5.56 Å². The molecule has 0 spiro atoms. The topological polar surface area (TPSA) is 72.4 Å². The van der Waals surface area contributed by atoms with Gasteiger partial charge in [-0.2, -0.15) is 5.26 Å². The highest BCUT2D eigenvalue weighted by atomic mass is 79.9. The summed E-state index contributed by atoms with van der Waals surface area (Å²) in [6, 6.07) is 17.4. The molecule has 2 aromatic carbocycles. The van der Waals surface area contributed by atoms with Crippen molar-refractivity contribution in [1.29, 1.82) is 5.26 Å². The summed E-state index contributed by atoms with van der Waals surface area (Å²) in [5.74, 6) is 0. The monoisotopic (exact) mass is 363 g/mol. The van der Waals surface area contributed by atoms with E-state index >= 15 is 0 Å². The van der Waals surface area contributed by atoms with E-state index in [0.717, 1.165) is 32.0 Å². The van der Waals surface area contributed by atoms with Crippen LogP contribution in [0.4, 0.5) is 0 Å². The fourth-order valence-corrected chi connectivity index (χ4v) is 3.15. The van der Waals surface area contributed by atoms with Crippen LogP contribution < -0.4 is 5.56 Å². The van der Waals surface area contributed by atoms with Crippen LogP contribution in [-0.2, 0) is 0 Å². The maximum absolute atomic E-state index is 12.4. The number of nitriles is 1. The predicted octanol–water partition coefficient (Wildman–Crippen LogP) is 4.31. The number of hydrogen-bond acceptors (Lipinski definition) is 2. The molecule has 23 heavy (non-hydrogen) atoms. The Hall–Kier alpha value is -2.84. The van der Waals surface area contributed by atoms with Crippen LogP contribution in [0.15, 0.2) is 57.8 Å². The van der Waals surface area contributed by atoms with Gasteiger partial charge in [0.1, 0.15) is 11.6 Å². The molecule has 4 rings (SSSR count). The third-order valence-corrected chi connectivity index (χ3v) is 4.45. The van der Waals surface area contributed by atoms with Gasteiger partial charge in [0.05, 0.1) is 11.0 Å². The van der Waals surface area contributed by atoms with Gasteiger partial charge in [-0.3, -0.25) is 4.79 Å². The standard InChI is InChI=1S/C18H10BrN3O/c19-11-7-5-10(6-8-11)15-13(9-20)18(23)22-16-12-3-1-2-4-14(12)21-17(15)16/h1-8,21H,(H,22,23). The summed E-state index contributed by atoms with van der Waals surface area (Å²) in [6.07, 6.45) is 0. The molecule has 0 amide bonds. The van der Waals surface area contributed by atoms with E-state index in [1.807, 2.05) is 54.6 Å². The number of nitrogens with one attached hydrogen (secondary N) is 2. The first-order chi connectivity index (χ1) is 11.2. The maximum atomic E-state index is 12.4. The molecule has 4 aromatic rings. The van der Waals surface area contributed by atoms with E-state index in [9.17, 15) is 10.1 Å². The van der Waals surface area contributed by atoms with Crippen LogP contribution in [0, 0.1) is 11.3 Å². The molecule has 4 nitrogen and oxygen atoms in total. The minimum Gasteiger partial charge on any atom is -0.353 e. The predicted molar refractivity (Wildman–Crippen MR) is 94.3 cm³/mol. The van der Waals surface area contributed by atoms with Crippen LogP contribution in [0.1, 0.15) is 5.56 Å². The lowest BCUT2D eigenvalue weighted by molar-refractivity contribution is 1.28. The molecule has 5 heteroatoms. The van der Waals surface area contributed by atoms with Crippen molar-refractivity contribution >= 4 is 37.9 Å². The van der Waals surface area contributed by atoms with E-state index < -0.39 is 0 Å². The first-order valence-corrected chi connectivity index (χ1v) is 7.81. The molecule has 0 aliphatic heterocycles. The maximum Gasteiger partial charge on any atom is 0.267 e. The van der Waals surface area contributed by atoms with E-state index in [1.165, 1.54) is 0 Å². The van der Waals surface area contributed by atoms with Crippen LogP contribution in [0.5, 0.6) is 0 Å². The highest BCUT2D eigenvalue weighted by Gasteiger charge is 2.17. The Labute approximate surface area is 139 Å². The van der Waals surface area contributed by atoms with Crippen LogP contribution in [-0.4, -0.2) is 9.97 Å². The van der Waals surface area contributed by atoms with Crippen LogP contribution in [0.25, 0.3) is 33.1 Å². The molecule has 0 fully saturated rings. The average Bonchev–Trinajstić information content (AvgIpc) is 2.93. The summed E-state index contributed by atoms with van der Waals surface area (Å²) in [6.45, 7) is 0. The van der Waals surface area contributed by atoms with Crippen molar-refractivity contribution in [2.45, 2.75) is 0 Å². The van der Waals surface area contributed by atoms with Gasteiger partial charge in [-0.15, -0.1) is 0 Å². The van der Waals surface area contributed by atoms with Crippen molar-refractivity contribution in [3.05, 3.63) is 68.9 Å². The van der Waals surface area contributed by atoms with Crippen molar-refractivity contribution in [1.82, 2.24) is 9.97 Å². The number of aromatic amines is 2. The smallest absolute Gasteiger partial charge is 0.267 e. The number of fused-ring (bicyclic) bond motifs is 3. The van der Waals surface area contributed by atoms with Gasteiger partial charge in [0, 0.05) is 20.9 Å². The van der Waals surface area contributed by atoms with Gasteiger partial charge in [0.2, 0.25) is 0 Å². The van der Waals surface area contributed by atoms with Crippen LogP contribution in [0.2, 0.25) is 0 Å². The molecule has 2 aromatic heterocycles. The van der Waals surface area contributed by atoms with Crippen molar-refractivity contribution in [2.75, 3.05) is 0 Å². The highest BCUT2D eigenvalue weighted by molar-refractivity contribution is 9.10. The SMILES string of the molecule is N#Cc1c(-c2ccc(Br)cc2)c2[nH]c3ccccc3c2[nH]c1=O. The van der Waals surface area contributed by atoms with Crippen molar-refractivity contribution in [3.8, 4) is 17.2 Å². The van der Waals surface area contributed by atoms with Crippen molar-refractivity contribution in [2.24, 2.45) is 0 Å². The number of hydrogen-bond donors (Lipinski definition) is 2. The van der Waals surface area contributed by atoms with Gasteiger partial charge < -0.3 is 9.97 Å². The molecule has 0 saturated heterocycles. The molecule has 0 atom stereocenters. The summed E-state index contributed by atoms with van der Waals surface area (Å²) in [5.41, 5.74) is 3.62. The molecule has 0 bridgehead atoms. The second-order valence-electron chi connectivity index (χ2n) is 5.24. The number of pyridine rings is 1. The summed E-state index contributed by atoms with van der Waals surface area (Å²) in [7, 11) is 0. The molecular formula is C18H10BrN3O. The second-order valence-corrected chi connectivity index (χ2v) is 6.16. The Morgan fingerprint density at radius 1 is 0.957 bits per heavy atom. The third kappa shape index (κ3) is 2.07. The molecule has 0 saturated carbocycles. The Morgan fingerprint density at radius 3 is 2.43 bits per heavy atom. The van der Waals surface area contributed by atoms with E-state index in [0.29, 0.717) is 5.56 Å². The van der Waals surface area contributed by atoms with E-state index in [2.05, 4.69) is 25.9 Å². The number of rotatable bonds is 1. The fourth-order valence-electron chi connectivity index (χ4n) is 2.89. The second kappa shape index (κ2) is 5.11. The van der Waals surface area contributed by atoms with E-state index in [1.54, 1.807) is 0 Å². The summed E-state index contributed by atoms with van der Waals surface area (Å²) in [5, 5.41) is 10.4. The number of halogens is 1.